The van der Waals surface area contributed by atoms with Gasteiger partial charge in [0.15, 0.2) is 11.6 Å². The van der Waals surface area contributed by atoms with Gasteiger partial charge in [0.05, 0.1) is 7.11 Å². The molecule has 2 N–H and O–H groups in total. The van der Waals surface area contributed by atoms with Gasteiger partial charge in [-0.15, -0.1) is 0 Å². The van der Waals surface area contributed by atoms with E-state index in [4.69, 9.17) is 9.26 Å². The zero-order valence-electron chi connectivity index (χ0n) is 15.5. The van der Waals surface area contributed by atoms with Crippen molar-refractivity contribution in [2.45, 2.75) is 6.92 Å². The summed E-state index contributed by atoms with van der Waals surface area (Å²) < 4.78 is 10.3. The van der Waals surface area contributed by atoms with E-state index in [1.807, 2.05) is 67.6 Å². The molecule has 0 atom stereocenters. The van der Waals surface area contributed by atoms with Crippen LogP contribution >= 0.6 is 0 Å². The molecule has 0 fully saturated rings. The zero-order chi connectivity index (χ0) is 19.3. The third-order valence-electron chi connectivity index (χ3n) is 4.00. The minimum atomic E-state index is 0.589. The van der Waals surface area contributed by atoms with Crippen LogP contribution in [0.1, 0.15) is 5.76 Å². The van der Waals surface area contributed by atoms with Gasteiger partial charge < -0.3 is 19.9 Å². The number of aryl methyl sites for hydroxylation is 1. The largest absolute Gasteiger partial charge is 0.497 e. The third kappa shape index (κ3) is 4.09. The molecule has 28 heavy (non-hydrogen) atoms. The fraction of sp³-hybridized carbons (Fsp3) is 0.0952. The Kier molecular flexibility index (Phi) is 4.88. The molecule has 0 amide bonds. The highest BCUT2D eigenvalue weighted by molar-refractivity contribution is 5.67. The molecule has 0 aliphatic heterocycles. The van der Waals surface area contributed by atoms with E-state index in [0.29, 0.717) is 23.3 Å². The van der Waals surface area contributed by atoms with Crippen LogP contribution in [0.4, 0.5) is 23.1 Å². The molecule has 0 spiro atoms. The maximum Gasteiger partial charge on any atom is 0.175 e. The Morgan fingerprint density at radius 3 is 2.18 bits per heavy atom. The Morgan fingerprint density at radius 2 is 1.54 bits per heavy atom. The summed E-state index contributed by atoms with van der Waals surface area (Å²) >= 11 is 0. The second kappa shape index (κ2) is 7.79. The Balaban J connectivity index is 1.68. The molecule has 0 unspecified atom stereocenters. The van der Waals surface area contributed by atoms with E-state index in [9.17, 15) is 0 Å². The molecule has 0 radical (unpaired) electrons. The number of nitrogens with zero attached hydrogens (tertiary/aromatic N) is 3. The highest BCUT2D eigenvalue weighted by Crippen LogP contribution is 2.25. The van der Waals surface area contributed by atoms with Crippen LogP contribution < -0.4 is 15.4 Å². The van der Waals surface area contributed by atoms with E-state index in [-0.39, 0.29) is 0 Å². The topological polar surface area (TPSA) is 85.1 Å². The predicted molar refractivity (Wildman–Crippen MR) is 108 cm³/mol. The number of methoxy groups -OCH3 is 1. The van der Waals surface area contributed by atoms with Crippen LogP contribution in [0.25, 0.3) is 11.4 Å². The standard InChI is InChI=1S/C21H19N5O2/c1-14-12-20(26-28-14)23-19-13-18(22-16-8-10-17(27-2)11-9-16)24-21(25-19)15-6-4-3-5-7-15/h3-13H,1-2H3,(H2,22,23,24,25,26). The van der Waals surface area contributed by atoms with Gasteiger partial charge in [-0.1, -0.05) is 35.5 Å². The fourth-order valence-corrected chi connectivity index (χ4v) is 2.67. The lowest BCUT2D eigenvalue weighted by molar-refractivity contribution is 0.400. The first-order chi connectivity index (χ1) is 13.7. The first-order valence-electron chi connectivity index (χ1n) is 8.75. The van der Waals surface area contributed by atoms with E-state index in [1.165, 1.54) is 0 Å². The molecule has 0 aliphatic rings. The van der Waals surface area contributed by atoms with E-state index in [0.717, 1.165) is 22.8 Å². The van der Waals surface area contributed by atoms with Crippen molar-refractivity contribution < 1.29 is 9.26 Å². The van der Waals surface area contributed by atoms with Crippen molar-refractivity contribution in [2.24, 2.45) is 0 Å². The van der Waals surface area contributed by atoms with Crippen LogP contribution in [-0.4, -0.2) is 22.2 Å². The molecule has 2 aromatic heterocycles. The summed E-state index contributed by atoms with van der Waals surface area (Å²) in [6, 6.07) is 21.1. The van der Waals surface area contributed by atoms with Gasteiger partial charge in [-0.3, -0.25) is 0 Å². The van der Waals surface area contributed by atoms with Crippen molar-refractivity contribution in [1.29, 1.82) is 0 Å². The highest BCUT2D eigenvalue weighted by Gasteiger charge is 2.09. The summed E-state index contributed by atoms with van der Waals surface area (Å²) in [7, 11) is 1.64. The number of hydrogen-bond acceptors (Lipinski definition) is 7. The van der Waals surface area contributed by atoms with E-state index >= 15 is 0 Å². The van der Waals surface area contributed by atoms with E-state index in [1.54, 1.807) is 13.2 Å². The fourth-order valence-electron chi connectivity index (χ4n) is 2.67. The molecule has 0 saturated carbocycles. The number of ether oxygens (including phenoxy) is 1. The quantitative estimate of drug-likeness (QED) is 0.495. The summed E-state index contributed by atoms with van der Waals surface area (Å²) in [5, 5.41) is 10.4. The van der Waals surface area contributed by atoms with Gasteiger partial charge in [-0.25, -0.2) is 9.97 Å². The van der Waals surface area contributed by atoms with Gasteiger partial charge in [0.25, 0.3) is 0 Å². The second-order valence-electron chi connectivity index (χ2n) is 6.13. The molecule has 0 bridgehead atoms. The maximum absolute atomic E-state index is 5.20. The van der Waals surface area contributed by atoms with Crippen LogP contribution in [0.15, 0.2) is 71.3 Å². The maximum atomic E-state index is 5.20. The lowest BCUT2D eigenvalue weighted by Gasteiger charge is -2.11. The minimum Gasteiger partial charge on any atom is -0.497 e. The molecule has 140 valence electrons. The van der Waals surface area contributed by atoms with Gasteiger partial charge in [0, 0.05) is 23.4 Å². The highest BCUT2D eigenvalue weighted by atomic mass is 16.5. The average molecular weight is 373 g/mol. The first kappa shape index (κ1) is 17.5. The number of rotatable bonds is 6. The lowest BCUT2D eigenvalue weighted by atomic mass is 10.2. The molecule has 7 nitrogen and oxygen atoms in total. The first-order valence-corrected chi connectivity index (χ1v) is 8.75. The second-order valence-corrected chi connectivity index (χ2v) is 6.13. The van der Waals surface area contributed by atoms with Gasteiger partial charge in [0.2, 0.25) is 0 Å². The number of hydrogen-bond donors (Lipinski definition) is 2. The zero-order valence-corrected chi connectivity index (χ0v) is 15.5. The molecule has 2 aromatic carbocycles. The van der Waals surface area contributed by atoms with Crippen molar-refractivity contribution in [2.75, 3.05) is 17.7 Å². The Labute approximate surface area is 162 Å². The van der Waals surface area contributed by atoms with E-state index < -0.39 is 0 Å². The van der Waals surface area contributed by atoms with Gasteiger partial charge in [0.1, 0.15) is 23.1 Å². The van der Waals surface area contributed by atoms with Gasteiger partial charge in [-0.2, -0.15) is 0 Å². The molecule has 4 rings (SSSR count). The molecule has 0 aliphatic carbocycles. The van der Waals surface area contributed by atoms with Crippen molar-refractivity contribution in [3.05, 3.63) is 72.5 Å². The molecular formula is C21H19N5O2. The van der Waals surface area contributed by atoms with Crippen molar-refractivity contribution in [1.82, 2.24) is 15.1 Å². The smallest absolute Gasteiger partial charge is 0.175 e. The third-order valence-corrected chi connectivity index (χ3v) is 4.00. The normalized spacial score (nSPS) is 10.5. The Bertz CT molecular complexity index is 1060. The number of benzene rings is 2. The molecule has 2 heterocycles. The Hall–Kier alpha value is -3.87. The van der Waals surface area contributed by atoms with Gasteiger partial charge in [-0.05, 0) is 31.2 Å². The SMILES string of the molecule is COc1ccc(Nc2cc(Nc3cc(C)on3)nc(-c3ccccc3)n2)cc1. The van der Waals surface area contributed by atoms with Crippen LogP contribution in [0.3, 0.4) is 0 Å². The molecule has 7 heteroatoms. The number of nitrogens with one attached hydrogen (secondary N) is 2. The van der Waals surface area contributed by atoms with Crippen LogP contribution in [0.2, 0.25) is 0 Å². The van der Waals surface area contributed by atoms with Crippen molar-refractivity contribution in [3.63, 3.8) is 0 Å². The average Bonchev–Trinajstić information content (AvgIpc) is 3.13. The summed E-state index contributed by atoms with van der Waals surface area (Å²) in [6.07, 6.45) is 0. The van der Waals surface area contributed by atoms with E-state index in [2.05, 4.69) is 25.8 Å². The van der Waals surface area contributed by atoms with Crippen molar-refractivity contribution >= 4 is 23.1 Å². The summed E-state index contributed by atoms with van der Waals surface area (Å²) in [5.41, 5.74) is 1.81. The number of aromatic nitrogens is 3. The van der Waals surface area contributed by atoms with Gasteiger partial charge >= 0.3 is 0 Å². The monoisotopic (exact) mass is 373 g/mol. The Morgan fingerprint density at radius 1 is 0.821 bits per heavy atom. The van der Waals surface area contributed by atoms with Crippen molar-refractivity contribution in [3.8, 4) is 17.1 Å². The lowest BCUT2D eigenvalue weighted by Crippen LogP contribution is -2.02. The predicted octanol–water partition coefficient (Wildman–Crippen LogP) is 4.94. The minimum absolute atomic E-state index is 0.589. The molecular weight excluding hydrogens is 354 g/mol. The summed E-state index contributed by atoms with van der Waals surface area (Å²) in [5.74, 6) is 3.96. The molecule has 4 aromatic rings. The number of anilines is 4. The van der Waals surface area contributed by atoms with Crippen LogP contribution in [-0.2, 0) is 0 Å². The summed E-state index contributed by atoms with van der Waals surface area (Å²) in [6.45, 7) is 1.84. The summed E-state index contributed by atoms with van der Waals surface area (Å²) in [4.78, 5) is 9.26. The molecule has 0 saturated heterocycles. The van der Waals surface area contributed by atoms with Crippen LogP contribution in [0, 0.1) is 6.92 Å². The van der Waals surface area contributed by atoms with Crippen LogP contribution in [0.5, 0.6) is 5.75 Å².